The summed E-state index contributed by atoms with van der Waals surface area (Å²) in [6.45, 7) is 3.92. The molecule has 0 saturated heterocycles. The lowest BCUT2D eigenvalue weighted by atomic mass is 10.1. The molecule has 0 amide bonds. The maximum atomic E-state index is 13.3. The zero-order valence-corrected chi connectivity index (χ0v) is 19.6. The van der Waals surface area contributed by atoms with Crippen molar-refractivity contribution in [3.63, 3.8) is 0 Å². The molecule has 0 aliphatic rings. The van der Waals surface area contributed by atoms with Crippen LogP contribution in [0.5, 0.6) is 0 Å². The number of H-pyrrole nitrogens is 1. The Morgan fingerprint density at radius 2 is 2.20 bits per heavy atom. The van der Waals surface area contributed by atoms with Crippen LogP contribution in [-0.4, -0.2) is 29.0 Å². The number of aromatic amines is 1. The number of nitrogens with zero attached hydrogens (tertiary/aromatic N) is 2. The van der Waals surface area contributed by atoms with E-state index in [0.29, 0.717) is 19.0 Å². The molecule has 0 aliphatic heterocycles. The van der Waals surface area contributed by atoms with E-state index in [9.17, 15) is 4.39 Å². The van der Waals surface area contributed by atoms with Crippen LogP contribution in [0.25, 0.3) is 21.7 Å². The first kappa shape index (κ1) is 22.3. The molecule has 0 unspecified atom stereocenters. The molecule has 3 N–H and O–H groups in total. The maximum Gasteiger partial charge on any atom is 0.236 e. The van der Waals surface area contributed by atoms with Crippen LogP contribution in [0.15, 0.2) is 57.6 Å². The van der Waals surface area contributed by atoms with Crippen molar-refractivity contribution in [1.29, 1.82) is 0 Å². The predicted octanol–water partition coefficient (Wildman–Crippen LogP) is 4.94. The van der Waals surface area contributed by atoms with E-state index in [2.05, 4.69) is 25.6 Å². The topological polar surface area (TPSA) is 78.2 Å². The molecule has 9 heteroatoms. The first-order valence-corrected chi connectivity index (χ1v) is 10.4. The van der Waals surface area contributed by atoms with Gasteiger partial charge in [0.15, 0.2) is 5.96 Å². The number of nitrogens with one attached hydrogen (secondary N) is 3. The summed E-state index contributed by atoms with van der Waals surface area (Å²) < 4.78 is 18.9. The number of aliphatic imine (C=N–C) groups is 1. The quantitative estimate of drug-likeness (QED) is 0.177. The van der Waals surface area contributed by atoms with Gasteiger partial charge in [0.05, 0.1) is 11.4 Å². The summed E-state index contributed by atoms with van der Waals surface area (Å²) in [5.74, 6) is 1.11. The van der Waals surface area contributed by atoms with Gasteiger partial charge in [-0.3, -0.25) is 0 Å². The molecule has 0 atom stereocenters. The third-order valence-corrected chi connectivity index (χ3v) is 5.30. The molecule has 6 nitrogen and oxygen atoms in total. The van der Waals surface area contributed by atoms with Crippen molar-refractivity contribution >= 4 is 52.2 Å². The lowest BCUT2D eigenvalue weighted by Gasteiger charge is -2.10. The van der Waals surface area contributed by atoms with Gasteiger partial charge in [0, 0.05) is 30.2 Å². The van der Waals surface area contributed by atoms with Crippen LogP contribution in [0, 0.1) is 5.82 Å². The molecule has 3 aromatic heterocycles. The fourth-order valence-electron chi connectivity index (χ4n) is 3.08. The van der Waals surface area contributed by atoms with E-state index >= 15 is 0 Å². The van der Waals surface area contributed by atoms with Crippen molar-refractivity contribution in [2.75, 3.05) is 13.1 Å². The highest BCUT2D eigenvalue weighted by atomic mass is 127. The van der Waals surface area contributed by atoms with Gasteiger partial charge in [0.2, 0.25) is 5.89 Å². The van der Waals surface area contributed by atoms with E-state index in [0.717, 1.165) is 46.0 Å². The number of rotatable bonds is 7. The van der Waals surface area contributed by atoms with Crippen LogP contribution >= 0.6 is 35.3 Å². The van der Waals surface area contributed by atoms with Gasteiger partial charge < -0.3 is 20.0 Å². The second kappa shape index (κ2) is 10.6. The Bertz CT molecular complexity index is 1110. The molecule has 4 rings (SSSR count). The van der Waals surface area contributed by atoms with Crippen LogP contribution in [-0.2, 0) is 13.0 Å². The fraction of sp³-hybridized carbons (Fsp3) is 0.238. The molecule has 0 bridgehead atoms. The van der Waals surface area contributed by atoms with Crippen molar-refractivity contribution < 1.29 is 8.81 Å². The number of hydrogen-bond donors (Lipinski definition) is 3. The zero-order valence-electron chi connectivity index (χ0n) is 16.4. The smallest absolute Gasteiger partial charge is 0.236 e. The van der Waals surface area contributed by atoms with E-state index < -0.39 is 0 Å². The lowest BCUT2D eigenvalue weighted by molar-refractivity contribution is 0.574. The van der Waals surface area contributed by atoms with E-state index in [1.807, 2.05) is 36.7 Å². The first-order chi connectivity index (χ1) is 14.2. The number of hydrogen-bond acceptors (Lipinski definition) is 4. The monoisotopic (exact) mass is 539 g/mol. The van der Waals surface area contributed by atoms with E-state index in [1.54, 1.807) is 17.6 Å². The van der Waals surface area contributed by atoms with Crippen LogP contribution < -0.4 is 10.6 Å². The zero-order chi connectivity index (χ0) is 20.1. The minimum atomic E-state index is -0.235. The summed E-state index contributed by atoms with van der Waals surface area (Å²) in [4.78, 5) is 13.2. The highest BCUT2D eigenvalue weighted by Gasteiger charge is 2.08. The van der Waals surface area contributed by atoms with Crippen molar-refractivity contribution in [3.8, 4) is 10.8 Å². The lowest BCUT2D eigenvalue weighted by Crippen LogP contribution is -2.38. The maximum absolute atomic E-state index is 13.3. The van der Waals surface area contributed by atoms with Gasteiger partial charge in [-0.25, -0.2) is 14.4 Å². The summed E-state index contributed by atoms with van der Waals surface area (Å²) in [6.07, 6.45) is 4.37. The van der Waals surface area contributed by atoms with Gasteiger partial charge in [-0.1, -0.05) is 6.07 Å². The molecule has 3 heterocycles. The predicted molar refractivity (Wildman–Crippen MR) is 130 cm³/mol. The second-order valence-electron chi connectivity index (χ2n) is 6.50. The Labute approximate surface area is 195 Å². The number of benzene rings is 1. The Hall–Kier alpha value is -2.40. The summed E-state index contributed by atoms with van der Waals surface area (Å²) in [5.41, 5.74) is 2.73. The minimum Gasteiger partial charge on any atom is -0.443 e. The molecule has 1 aromatic carbocycles. The molecule has 158 valence electrons. The largest absolute Gasteiger partial charge is 0.443 e. The summed E-state index contributed by atoms with van der Waals surface area (Å²) in [6, 6.07) is 8.76. The van der Waals surface area contributed by atoms with Gasteiger partial charge in [-0.05, 0) is 48.6 Å². The summed E-state index contributed by atoms with van der Waals surface area (Å²) in [5, 5.41) is 9.61. The van der Waals surface area contributed by atoms with E-state index in [-0.39, 0.29) is 29.8 Å². The van der Waals surface area contributed by atoms with Gasteiger partial charge >= 0.3 is 0 Å². The van der Waals surface area contributed by atoms with Crippen molar-refractivity contribution in [3.05, 3.63) is 65.2 Å². The SMILES string of the molecule is CCNC(=NCc1coc(-c2cccs2)n1)NCCc1c[nH]c2cc(F)ccc12.I. The number of halogens is 2. The van der Waals surface area contributed by atoms with Crippen molar-refractivity contribution in [1.82, 2.24) is 20.6 Å². The third kappa shape index (κ3) is 5.39. The standard InChI is InChI=1S/C21H22FN5OS.HI/c1-2-23-21(26-12-16-13-28-20(27-16)19-4-3-9-29-19)24-8-7-14-11-25-18-10-15(22)5-6-17(14)18;/h3-6,9-11,13,25H,2,7-8,12H2,1H3,(H2,23,24,26);1H. The summed E-state index contributed by atoms with van der Waals surface area (Å²) in [7, 11) is 0. The molecule has 0 aliphatic carbocycles. The molecule has 4 aromatic rings. The first-order valence-electron chi connectivity index (χ1n) is 9.49. The highest BCUT2D eigenvalue weighted by molar-refractivity contribution is 14.0. The second-order valence-corrected chi connectivity index (χ2v) is 7.44. The highest BCUT2D eigenvalue weighted by Crippen LogP contribution is 2.23. The number of guanidine groups is 1. The van der Waals surface area contributed by atoms with Crippen LogP contribution in [0.2, 0.25) is 0 Å². The third-order valence-electron chi connectivity index (χ3n) is 4.44. The number of oxazole rings is 1. The average Bonchev–Trinajstić information content (AvgIpc) is 3.46. The van der Waals surface area contributed by atoms with Crippen molar-refractivity contribution in [2.24, 2.45) is 4.99 Å². The van der Waals surface area contributed by atoms with Gasteiger partial charge in [-0.15, -0.1) is 35.3 Å². The molecule has 0 radical (unpaired) electrons. The summed E-state index contributed by atoms with van der Waals surface area (Å²) >= 11 is 1.59. The molecule has 30 heavy (non-hydrogen) atoms. The Morgan fingerprint density at radius 3 is 3.00 bits per heavy atom. The number of aromatic nitrogens is 2. The Morgan fingerprint density at radius 1 is 1.30 bits per heavy atom. The van der Waals surface area contributed by atoms with E-state index in [4.69, 9.17) is 4.42 Å². The van der Waals surface area contributed by atoms with Gasteiger partial charge in [-0.2, -0.15) is 0 Å². The average molecular weight is 539 g/mol. The van der Waals surface area contributed by atoms with Gasteiger partial charge in [0.25, 0.3) is 0 Å². The molecule has 0 saturated carbocycles. The fourth-order valence-corrected chi connectivity index (χ4v) is 3.73. The Balaban J connectivity index is 0.00000256. The van der Waals surface area contributed by atoms with E-state index in [1.165, 1.54) is 12.1 Å². The van der Waals surface area contributed by atoms with Gasteiger partial charge in [0.1, 0.15) is 17.8 Å². The molecule has 0 spiro atoms. The van der Waals surface area contributed by atoms with Crippen LogP contribution in [0.1, 0.15) is 18.2 Å². The molecule has 0 fully saturated rings. The number of fused-ring (bicyclic) bond motifs is 1. The number of thiophene rings is 1. The Kier molecular flexibility index (Phi) is 7.86. The minimum absolute atomic E-state index is 0. The van der Waals surface area contributed by atoms with Crippen molar-refractivity contribution in [2.45, 2.75) is 19.9 Å². The molecular weight excluding hydrogens is 516 g/mol. The normalized spacial score (nSPS) is 11.5. The van der Waals surface area contributed by atoms with Crippen LogP contribution in [0.4, 0.5) is 4.39 Å². The van der Waals surface area contributed by atoms with Crippen LogP contribution in [0.3, 0.4) is 0 Å². The molecular formula is C21H23FIN5OS.